The molecule has 0 amide bonds. The number of carbonyl (C=O) groups excluding carboxylic acids is 1. The maximum Gasteiger partial charge on any atom is 0.354 e. The van der Waals surface area contributed by atoms with Crippen LogP contribution in [0.3, 0.4) is 0 Å². The van der Waals surface area contributed by atoms with Crippen LogP contribution in [0.2, 0.25) is 0 Å². The topological polar surface area (TPSA) is 40.5 Å². The average Bonchev–Trinajstić information content (AvgIpc) is 2.80. The number of ether oxygens (including phenoxy) is 2. The molecule has 0 atom stereocenters. The molecule has 0 N–H and O–H groups in total. The van der Waals surface area contributed by atoms with E-state index < -0.39 is 0 Å². The standard InChI is InChI=1S/C14H15NO3/c1-15-9-11(8-13(15)14(16)18-3)10-5-4-6-12(7-10)17-2/h4-9H,1-3H3. The minimum atomic E-state index is -0.341. The third-order valence-electron chi connectivity index (χ3n) is 2.80. The Balaban J connectivity index is 2.42. The zero-order chi connectivity index (χ0) is 13.1. The van der Waals surface area contributed by atoms with Gasteiger partial charge in [0.25, 0.3) is 0 Å². The molecule has 0 aliphatic rings. The Morgan fingerprint density at radius 3 is 2.61 bits per heavy atom. The summed E-state index contributed by atoms with van der Waals surface area (Å²) in [6.45, 7) is 0. The van der Waals surface area contributed by atoms with Gasteiger partial charge in [-0.3, -0.25) is 0 Å². The molecule has 0 aliphatic carbocycles. The summed E-state index contributed by atoms with van der Waals surface area (Å²) < 4.78 is 11.7. The summed E-state index contributed by atoms with van der Waals surface area (Å²) in [6, 6.07) is 9.50. The summed E-state index contributed by atoms with van der Waals surface area (Å²) >= 11 is 0. The van der Waals surface area contributed by atoms with Gasteiger partial charge in [-0.15, -0.1) is 0 Å². The van der Waals surface area contributed by atoms with Crippen LogP contribution in [0.5, 0.6) is 5.75 Å². The fraction of sp³-hybridized carbons (Fsp3) is 0.214. The predicted molar refractivity (Wildman–Crippen MR) is 68.7 cm³/mol. The van der Waals surface area contributed by atoms with E-state index in [1.165, 1.54) is 7.11 Å². The molecule has 1 aromatic heterocycles. The Kier molecular flexibility index (Phi) is 3.37. The fourth-order valence-electron chi connectivity index (χ4n) is 1.83. The Hall–Kier alpha value is -2.23. The molecule has 2 aromatic rings. The molecule has 94 valence electrons. The molecule has 0 bridgehead atoms. The summed E-state index contributed by atoms with van der Waals surface area (Å²) in [5.74, 6) is 0.447. The fourth-order valence-corrected chi connectivity index (χ4v) is 1.83. The van der Waals surface area contributed by atoms with Crippen LogP contribution in [0.25, 0.3) is 11.1 Å². The minimum absolute atomic E-state index is 0.341. The van der Waals surface area contributed by atoms with Crippen LogP contribution in [0.15, 0.2) is 36.5 Å². The van der Waals surface area contributed by atoms with E-state index >= 15 is 0 Å². The summed E-state index contributed by atoms with van der Waals surface area (Å²) in [4.78, 5) is 11.5. The van der Waals surface area contributed by atoms with Gasteiger partial charge >= 0.3 is 5.97 Å². The molecule has 18 heavy (non-hydrogen) atoms. The molecule has 1 heterocycles. The zero-order valence-corrected chi connectivity index (χ0v) is 10.6. The van der Waals surface area contributed by atoms with Gasteiger partial charge < -0.3 is 14.0 Å². The molecule has 4 heteroatoms. The van der Waals surface area contributed by atoms with Crippen LogP contribution in [-0.4, -0.2) is 24.8 Å². The van der Waals surface area contributed by atoms with Crippen LogP contribution in [0.4, 0.5) is 0 Å². The maximum atomic E-state index is 11.5. The third kappa shape index (κ3) is 2.22. The van der Waals surface area contributed by atoms with Gasteiger partial charge in [0, 0.05) is 18.8 Å². The van der Waals surface area contributed by atoms with Crippen molar-refractivity contribution in [3.8, 4) is 16.9 Å². The first-order chi connectivity index (χ1) is 8.65. The first-order valence-corrected chi connectivity index (χ1v) is 5.55. The number of carbonyl (C=O) groups is 1. The van der Waals surface area contributed by atoms with Crippen LogP contribution < -0.4 is 4.74 Å². The molecule has 0 saturated carbocycles. The predicted octanol–water partition coefficient (Wildman–Crippen LogP) is 2.49. The van der Waals surface area contributed by atoms with Gasteiger partial charge in [0.1, 0.15) is 11.4 Å². The van der Waals surface area contributed by atoms with Crippen molar-refractivity contribution >= 4 is 5.97 Å². The highest BCUT2D eigenvalue weighted by Gasteiger charge is 2.12. The molecule has 0 radical (unpaired) electrons. The van der Waals surface area contributed by atoms with Crippen LogP contribution in [0, 0.1) is 0 Å². The van der Waals surface area contributed by atoms with Crippen LogP contribution in [-0.2, 0) is 11.8 Å². The number of rotatable bonds is 3. The van der Waals surface area contributed by atoms with Crippen molar-refractivity contribution in [3.05, 3.63) is 42.2 Å². The second-order valence-electron chi connectivity index (χ2n) is 3.95. The number of aryl methyl sites for hydroxylation is 1. The summed E-state index contributed by atoms with van der Waals surface area (Å²) in [6.07, 6.45) is 1.89. The van der Waals surface area contributed by atoms with Crippen LogP contribution in [0.1, 0.15) is 10.5 Å². The highest BCUT2D eigenvalue weighted by Crippen LogP contribution is 2.25. The Bertz CT molecular complexity index is 572. The lowest BCUT2D eigenvalue weighted by Crippen LogP contribution is -2.06. The van der Waals surface area contributed by atoms with Crippen molar-refractivity contribution in [1.29, 1.82) is 0 Å². The Labute approximate surface area is 106 Å². The summed E-state index contributed by atoms with van der Waals surface area (Å²) in [7, 11) is 4.82. The number of hydrogen-bond donors (Lipinski definition) is 0. The summed E-state index contributed by atoms with van der Waals surface area (Å²) in [5.41, 5.74) is 2.48. The number of benzene rings is 1. The van der Waals surface area contributed by atoms with E-state index in [-0.39, 0.29) is 5.97 Å². The quantitative estimate of drug-likeness (QED) is 0.780. The van der Waals surface area contributed by atoms with E-state index in [0.717, 1.165) is 16.9 Å². The van der Waals surface area contributed by atoms with Gasteiger partial charge in [0.15, 0.2) is 0 Å². The van der Waals surface area contributed by atoms with Crippen molar-refractivity contribution in [3.63, 3.8) is 0 Å². The molecule has 0 unspecified atom stereocenters. The normalized spacial score (nSPS) is 10.2. The van der Waals surface area contributed by atoms with E-state index in [2.05, 4.69) is 0 Å². The smallest absolute Gasteiger partial charge is 0.354 e. The van der Waals surface area contributed by atoms with Gasteiger partial charge in [-0.25, -0.2) is 4.79 Å². The second kappa shape index (κ2) is 4.96. The highest BCUT2D eigenvalue weighted by atomic mass is 16.5. The molecule has 0 saturated heterocycles. The van der Waals surface area contributed by atoms with Gasteiger partial charge in [-0.05, 0) is 23.8 Å². The molecule has 1 aromatic carbocycles. The molecule has 0 aliphatic heterocycles. The molecule has 0 spiro atoms. The van der Waals surface area contributed by atoms with E-state index in [1.807, 2.05) is 37.5 Å². The number of esters is 1. The first-order valence-electron chi connectivity index (χ1n) is 5.55. The van der Waals surface area contributed by atoms with Crippen molar-refractivity contribution in [2.24, 2.45) is 7.05 Å². The van der Waals surface area contributed by atoms with Gasteiger partial charge in [-0.2, -0.15) is 0 Å². The monoisotopic (exact) mass is 245 g/mol. The number of aromatic nitrogens is 1. The number of hydrogen-bond acceptors (Lipinski definition) is 3. The van der Waals surface area contributed by atoms with Crippen molar-refractivity contribution in [2.45, 2.75) is 0 Å². The Morgan fingerprint density at radius 2 is 1.94 bits per heavy atom. The lowest BCUT2D eigenvalue weighted by molar-refractivity contribution is 0.0590. The molecule has 0 fully saturated rings. The molecule has 2 rings (SSSR count). The van der Waals surface area contributed by atoms with Gasteiger partial charge in [0.05, 0.1) is 14.2 Å². The highest BCUT2D eigenvalue weighted by molar-refractivity contribution is 5.89. The largest absolute Gasteiger partial charge is 0.497 e. The number of methoxy groups -OCH3 is 2. The third-order valence-corrected chi connectivity index (χ3v) is 2.80. The van der Waals surface area contributed by atoms with E-state index in [1.54, 1.807) is 17.7 Å². The average molecular weight is 245 g/mol. The molecule has 4 nitrogen and oxygen atoms in total. The molecular formula is C14H15NO3. The lowest BCUT2D eigenvalue weighted by Gasteiger charge is -2.01. The van der Waals surface area contributed by atoms with Crippen molar-refractivity contribution in [1.82, 2.24) is 4.57 Å². The maximum absolute atomic E-state index is 11.5. The van der Waals surface area contributed by atoms with E-state index in [0.29, 0.717) is 5.69 Å². The molecular weight excluding hydrogens is 230 g/mol. The lowest BCUT2D eigenvalue weighted by atomic mass is 10.1. The number of nitrogens with zero attached hydrogens (tertiary/aromatic N) is 1. The first kappa shape index (κ1) is 12.2. The van der Waals surface area contributed by atoms with E-state index in [4.69, 9.17) is 9.47 Å². The van der Waals surface area contributed by atoms with Gasteiger partial charge in [0.2, 0.25) is 0 Å². The zero-order valence-electron chi connectivity index (χ0n) is 10.6. The van der Waals surface area contributed by atoms with E-state index in [9.17, 15) is 4.79 Å². The van der Waals surface area contributed by atoms with Gasteiger partial charge in [-0.1, -0.05) is 12.1 Å². The van der Waals surface area contributed by atoms with Crippen molar-refractivity contribution < 1.29 is 14.3 Å². The SMILES string of the molecule is COC(=O)c1cc(-c2cccc(OC)c2)cn1C. The minimum Gasteiger partial charge on any atom is -0.497 e. The van der Waals surface area contributed by atoms with Crippen LogP contribution >= 0.6 is 0 Å². The van der Waals surface area contributed by atoms with Crippen molar-refractivity contribution in [2.75, 3.05) is 14.2 Å². The Morgan fingerprint density at radius 1 is 1.17 bits per heavy atom. The summed E-state index contributed by atoms with van der Waals surface area (Å²) in [5, 5.41) is 0. The second-order valence-corrected chi connectivity index (χ2v) is 3.95.